The third-order valence-corrected chi connectivity index (χ3v) is 10.9. The van der Waals surface area contributed by atoms with E-state index in [0.717, 1.165) is 49.1 Å². The number of aryl methyl sites for hydroxylation is 1. The number of fused-ring (bicyclic) bond motifs is 1. The van der Waals surface area contributed by atoms with Crippen molar-refractivity contribution in [2.24, 2.45) is 0 Å². The molecular weight excluding hydrogens is 607 g/mol. The molecule has 0 spiro atoms. The van der Waals surface area contributed by atoms with E-state index in [1.54, 1.807) is 0 Å². The number of carbonyl (C=O) groups is 1. The molecule has 2 N–H and O–H groups in total. The van der Waals surface area contributed by atoms with Crippen LogP contribution in [0.5, 0.6) is 5.88 Å². The van der Waals surface area contributed by atoms with Crippen LogP contribution in [0.15, 0.2) is 29.1 Å². The molecule has 5 atom stereocenters. The molecule has 46 heavy (non-hydrogen) atoms. The van der Waals surface area contributed by atoms with Crippen LogP contribution in [-0.2, 0) is 16.6 Å². The Morgan fingerprint density at radius 1 is 1.28 bits per heavy atom. The minimum Gasteiger partial charge on any atom is -0.473 e. The molecule has 6 rings (SSSR count). The number of nitriles is 1. The van der Waals surface area contributed by atoms with Crippen LogP contribution in [0, 0.1) is 11.3 Å². The molecule has 3 aliphatic rings. The molecule has 5 heterocycles. The summed E-state index contributed by atoms with van der Waals surface area (Å²) in [7, 11) is 2.11. The summed E-state index contributed by atoms with van der Waals surface area (Å²) in [4.78, 5) is 29.3. The highest BCUT2D eigenvalue weighted by molar-refractivity contribution is 7.16. The van der Waals surface area contributed by atoms with Crippen molar-refractivity contribution >= 4 is 28.1 Å². The summed E-state index contributed by atoms with van der Waals surface area (Å²) in [5, 5.41) is 14.9. The Bertz CT molecular complexity index is 1690. The van der Waals surface area contributed by atoms with E-state index in [4.69, 9.17) is 25.0 Å². The van der Waals surface area contributed by atoms with Crippen LogP contribution in [0.1, 0.15) is 75.1 Å². The number of likely N-dealkylation sites (N-methyl/N-ethyl adjacent to an activating group) is 1. The van der Waals surface area contributed by atoms with Crippen molar-refractivity contribution in [2.75, 3.05) is 37.3 Å². The molecule has 2 saturated heterocycles. The van der Waals surface area contributed by atoms with Gasteiger partial charge in [0.2, 0.25) is 5.88 Å². The minimum absolute atomic E-state index is 0.119. The first kappa shape index (κ1) is 31.9. The number of piperazine rings is 1. The molecule has 3 aromatic heterocycles. The van der Waals surface area contributed by atoms with E-state index >= 15 is 0 Å². The molecule has 1 amide bonds. The molecule has 0 unspecified atom stereocenters. The largest absolute Gasteiger partial charge is 0.473 e. The Labute approximate surface area is 272 Å². The van der Waals surface area contributed by atoms with Gasteiger partial charge in [0.1, 0.15) is 28.8 Å². The molecule has 3 aromatic rings. The van der Waals surface area contributed by atoms with Crippen molar-refractivity contribution in [1.82, 2.24) is 24.9 Å². The quantitative estimate of drug-likeness (QED) is 0.346. The van der Waals surface area contributed by atoms with E-state index in [2.05, 4.69) is 48.5 Å². The number of carbonyl (C=O) groups excluding carboxylic acids is 1. The zero-order valence-corrected chi connectivity index (χ0v) is 27.9. The van der Waals surface area contributed by atoms with Gasteiger partial charge in [-0.1, -0.05) is 11.7 Å². The van der Waals surface area contributed by atoms with Gasteiger partial charge in [-0.25, -0.2) is 9.37 Å². The van der Waals surface area contributed by atoms with Crippen molar-refractivity contribution < 1.29 is 18.4 Å². The third-order valence-electron chi connectivity index (χ3n) is 9.86. The lowest BCUT2D eigenvalue weighted by atomic mass is 9.71. The Hall–Kier alpha value is -4.02. The second-order valence-corrected chi connectivity index (χ2v) is 14.3. The van der Waals surface area contributed by atoms with Crippen LogP contribution < -0.4 is 15.4 Å². The number of nitrogen functional groups attached to an aromatic ring is 1. The number of ether oxygens (including phenoxy) is 1. The predicted molar refractivity (Wildman–Crippen MR) is 174 cm³/mol. The number of amides is 1. The normalized spacial score (nSPS) is 25.6. The van der Waals surface area contributed by atoms with Crippen LogP contribution in [0.2, 0.25) is 0 Å². The molecule has 244 valence electrons. The zero-order valence-electron chi connectivity index (χ0n) is 27.0. The van der Waals surface area contributed by atoms with Crippen LogP contribution in [0.3, 0.4) is 0 Å². The fourth-order valence-corrected chi connectivity index (χ4v) is 8.77. The number of aromatic nitrogens is 3. The second-order valence-electron chi connectivity index (χ2n) is 13.1. The van der Waals surface area contributed by atoms with Crippen LogP contribution in [0.25, 0.3) is 11.5 Å². The summed E-state index contributed by atoms with van der Waals surface area (Å²) < 4.78 is 26.3. The van der Waals surface area contributed by atoms with Gasteiger partial charge in [0.05, 0.1) is 11.0 Å². The average molecular weight is 649 g/mol. The molecule has 13 heteroatoms. The minimum atomic E-state index is -0.967. The fraction of sp³-hybridized carbons (Fsp3) is 0.545. The lowest BCUT2D eigenvalue weighted by Crippen LogP contribution is -2.59. The fourth-order valence-electron chi connectivity index (χ4n) is 7.58. The van der Waals surface area contributed by atoms with Gasteiger partial charge in [0.25, 0.3) is 5.91 Å². The van der Waals surface area contributed by atoms with Gasteiger partial charge in [-0.05, 0) is 79.0 Å². The molecule has 11 nitrogen and oxygen atoms in total. The maximum absolute atomic E-state index is 13.8. The van der Waals surface area contributed by atoms with Crippen molar-refractivity contribution in [1.29, 1.82) is 5.26 Å². The van der Waals surface area contributed by atoms with E-state index in [-0.39, 0.29) is 24.2 Å². The zero-order chi connectivity index (χ0) is 32.9. The van der Waals surface area contributed by atoms with Crippen molar-refractivity contribution in [3.8, 4) is 23.5 Å². The standard InChI is InChI=1S/C33H41FN8O3S/c1-18-16-41(17-19(2)42(18)32(43)20(3)34)27-14-28(44-21(4)24-9-8-12-40(24)6)38-31(37-27)23-13-26(45-39-23)33(5)11-7-10-25-29(33)22(15-35)30(36)46-25/h13-14,18-19,21,24H,3,7-12,16-17,36H2,1-2,4-6H3/t18-,19-,21-,24-,33+/m0/s1. The predicted octanol–water partition coefficient (Wildman–Crippen LogP) is 5.06. The van der Waals surface area contributed by atoms with Crippen LogP contribution in [0.4, 0.5) is 15.2 Å². The highest BCUT2D eigenvalue weighted by atomic mass is 32.1. The molecule has 1 aliphatic carbocycles. The second kappa shape index (κ2) is 12.3. The highest BCUT2D eigenvalue weighted by Gasteiger charge is 2.42. The maximum Gasteiger partial charge on any atom is 0.282 e. The smallest absolute Gasteiger partial charge is 0.282 e. The SMILES string of the molecule is C=C(F)C(=O)N1[C@@H](C)CN(c2cc(O[C@@H](C)[C@@H]3CCCN3C)nc(-c3cc([C@@]4(C)CCCc5sc(N)c(C#N)c54)on3)n2)C[C@@H]1C. The molecule has 2 aliphatic heterocycles. The van der Waals surface area contributed by atoms with Gasteiger partial charge >= 0.3 is 0 Å². The lowest BCUT2D eigenvalue weighted by Gasteiger charge is -2.44. The van der Waals surface area contributed by atoms with E-state index in [9.17, 15) is 14.4 Å². The molecule has 0 bridgehead atoms. The van der Waals surface area contributed by atoms with Crippen molar-refractivity contribution in [3.05, 3.63) is 46.3 Å². The Morgan fingerprint density at radius 2 is 2.02 bits per heavy atom. The van der Waals surface area contributed by atoms with Crippen molar-refractivity contribution in [3.63, 3.8) is 0 Å². The van der Waals surface area contributed by atoms with Gasteiger partial charge < -0.3 is 24.8 Å². The summed E-state index contributed by atoms with van der Waals surface area (Å²) in [6, 6.07) is 5.67. The summed E-state index contributed by atoms with van der Waals surface area (Å²) in [5.41, 5.74) is 7.55. The van der Waals surface area contributed by atoms with E-state index in [0.29, 0.717) is 52.6 Å². The summed E-state index contributed by atoms with van der Waals surface area (Å²) in [5.74, 6) is 0.335. The summed E-state index contributed by atoms with van der Waals surface area (Å²) >= 11 is 1.47. The van der Waals surface area contributed by atoms with E-state index in [1.807, 2.05) is 26.0 Å². The number of hydrogen-bond acceptors (Lipinski definition) is 11. The number of nitrogens with zero attached hydrogens (tertiary/aromatic N) is 7. The number of halogens is 1. The molecule has 0 aromatic carbocycles. The molecular formula is C33H41FN8O3S. The van der Waals surface area contributed by atoms with Gasteiger partial charge in [0.15, 0.2) is 17.3 Å². The first-order valence-corrected chi connectivity index (χ1v) is 16.7. The van der Waals surface area contributed by atoms with E-state index in [1.165, 1.54) is 16.2 Å². The number of nitrogens with two attached hydrogens (primary N) is 1. The third kappa shape index (κ3) is 5.62. The van der Waals surface area contributed by atoms with Gasteiger partial charge in [-0.2, -0.15) is 10.2 Å². The number of rotatable bonds is 7. The van der Waals surface area contributed by atoms with Gasteiger partial charge in [0, 0.05) is 48.2 Å². The molecule has 0 saturated carbocycles. The monoisotopic (exact) mass is 648 g/mol. The number of likely N-dealkylation sites (tertiary alicyclic amines) is 1. The first-order chi connectivity index (χ1) is 21.9. The summed E-state index contributed by atoms with van der Waals surface area (Å²) in [6.07, 6.45) is 4.63. The average Bonchev–Trinajstić information content (AvgIpc) is 3.75. The maximum atomic E-state index is 13.8. The van der Waals surface area contributed by atoms with E-state index < -0.39 is 17.1 Å². The van der Waals surface area contributed by atoms with Crippen LogP contribution >= 0.6 is 11.3 Å². The topological polar surface area (TPSA) is 138 Å². The molecule has 2 fully saturated rings. The highest BCUT2D eigenvalue weighted by Crippen LogP contribution is 2.49. The van der Waals surface area contributed by atoms with Crippen LogP contribution in [-0.4, -0.2) is 81.7 Å². The Kier molecular flexibility index (Phi) is 8.54. The van der Waals surface area contributed by atoms with Crippen molar-refractivity contribution in [2.45, 2.75) is 89.4 Å². The number of thiophene rings is 1. The van der Waals surface area contributed by atoms with Gasteiger partial charge in [-0.3, -0.25) is 9.69 Å². The number of anilines is 2. The Balaban J connectivity index is 1.36. The molecule has 0 radical (unpaired) electrons. The summed E-state index contributed by atoms with van der Waals surface area (Å²) in [6.45, 7) is 13.0. The first-order valence-electron chi connectivity index (χ1n) is 15.9. The van der Waals surface area contributed by atoms with Gasteiger partial charge in [-0.15, -0.1) is 11.3 Å². The lowest BCUT2D eigenvalue weighted by molar-refractivity contribution is -0.133. The number of hydrogen-bond donors (Lipinski definition) is 1. The Morgan fingerprint density at radius 3 is 2.67 bits per heavy atom.